The molecular weight excluding hydrogens is 418 g/mol. The minimum Gasteiger partial charge on any atom is -0.372 e. The second kappa shape index (κ2) is 9.82. The lowest BCUT2D eigenvalue weighted by Crippen LogP contribution is -2.36. The van der Waals surface area contributed by atoms with Crippen molar-refractivity contribution in [2.45, 2.75) is 31.8 Å². The fourth-order valence-electron chi connectivity index (χ4n) is 4.96. The van der Waals surface area contributed by atoms with Gasteiger partial charge in [0.05, 0.1) is 11.2 Å². The molecule has 0 bridgehead atoms. The number of aromatic nitrogens is 2. The van der Waals surface area contributed by atoms with E-state index in [9.17, 15) is 0 Å². The lowest BCUT2D eigenvalue weighted by molar-refractivity contribution is 0.314. The lowest BCUT2D eigenvalue weighted by atomic mass is 10.1. The summed E-state index contributed by atoms with van der Waals surface area (Å²) in [6.07, 6.45) is 4.41. The Morgan fingerprint density at radius 1 is 1.06 bits per heavy atom. The van der Waals surface area contributed by atoms with Crippen molar-refractivity contribution in [2.24, 2.45) is 0 Å². The number of rotatable bonds is 7. The quantitative estimate of drug-likeness (QED) is 0.373. The summed E-state index contributed by atoms with van der Waals surface area (Å²) in [6.45, 7) is 4.36. The predicted molar refractivity (Wildman–Crippen MR) is 142 cm³/mol. The van der Waals surface area contributed by atoms with Gasteiger partial charge in [0.2, 0.25) is 0 Å². The Labute approximate surface area is 202 Å². The Bertz CT molecular complexity index is 1260. The largest absolute Gasteiger partial charge is 0.372 e. The zero-order valence-electron chi connectivity index (χ0n) is 20.3. The van der Waals surface area contributed by atoms with E-state index in [4.69, 9.17) is 4.98 Å². The minimum atomic E-state index is 0.165. The third-order valence-electron chi connectivity index (χ3n) is 6.98. The predicted octanol–water partition coefficient (Wildman–Crippen LogP) is 6.00. The second-order valence-electron chi connectivity index (χ2n) is 9.41. The molecule has 1 N–H and O–H groups in total. The van der Waals surface area contributed by atoms with Gasteiger partial charge in [-0.05, 0) is 63.2 Å². The first-order valence-electron chi connectivity index (χ1n) is 12.2. The normalized spacial score (nSPS) is 17.1. The first-order valence-corrected chi connectivity index (χ1v) is 12.2. The Morgan fingerprint density at radius 3 is 2.65 bits per heavy atom. The molecule has 2 unspecified atom stereocenters. The summed E-state index contributed by atoms with van der Waals surface area (Å²) in [6, 6.07) is 26.0. The summed E-state index contributed by atoms with van der Waals surface area (Å²) in [5, 5.41) is 4.74. The number of anilines is 2. The highest BCUT2D eigenvalue weighted by Gasteiger charge is 2.23. The van der Waals surface area contributed by atoms with Crippen LogP contribution in [0.2, 0.25) is 0 Å². The highest BCUT2D eigenvalue weighted by molar-refractivity contribution is 5.94. The maximum Gasteiger partial charge on any atom is 0.127 e. The molecule has 34 heavy (non-hydrogen) atoms. The fraction of sp³-hybridized carbons (Fsp3) is 0.310. The number of hydrogen-bond acceptors (Lipinski definition) is 5. The van der Waals surface area contributed by atoms with Crippen LogP contribution in [-0.4, -0.2) is 48.1 Å². The maximum atomic E-state index is 5.02. The number of hydrogen-bond donors (Lipinski definition) is 1. The highest BCUT2D eigenvalue weighted by atomic mass is 15.2. The summed E-state index contributed by atoms with van der Waals surface area (Å²) in [7, 11) is 4.45. The third kappa shape index (κ3) is 4.75. The van der Waals surface area contributed by atoms with Crippen LogP contribution < -0.4 is 10.2 Å². The Morgan fingerprint density at radius 2 is 1.85 bits per heavy atom. The van der Waals surface area contributed by atoms with Crippen LogP contribution in [0.1, 0.15) is 31.4 Å². The topological polar surface area (TPSA) is 44.3 Å². The van der Waals surface area contributed by atoms with Gasteiger partial charge in [-0.1, -0.05) is 48.5 Å². The number of para-hydroxylation sites is 1. The van der Waals surface area contributed by atoms with E-state index in [1.807, 2.05) is 18.3 Å². The van der Waals surface area contributed by atoms with Crippen LogP contribution >= 0.6 is 0 Å². The number of fused-ring (bicyclic) bond motifs is 1. The number of nitrogens with one attached hydrogen (secondary N) is 1. The van der Waals surface area contributed by atoms with Gasteiger partial charge in [-0.3, -0.25) is 0 Å². The molecule has 5 nitrogen and oxygen atoms in total. The summed E-state index contributed by atoms with van der Waals surface area (Å²) in [5.41, 5.74) is 5.52. The second-order valence-corrected chi connectivity index (χ2v) is 9.41. The van der Waals surface area contributed by atoms with Crippen LogP contribution in [0, 0.1) is 0 Å². The van der Waals surface area contributed by atoms with Crippen molar-refractivity contribution in [3.63, 3.8) is 0 Å². The minimum absolute atomic E-state index is 0.165. The molecule has 5 heteroatoms. The molecular formula is C29H33N5. The molecule has 1 fully saturated rings. The highest BCUT2D eigenvalue weighted by Crippen LogP contribution is 2.32. The fourth-order valence-corrected chi connectivity index (χ4v) is 4.96. The molecule has 5 rings (SSSR count). The van der Waals surface area contributed by atoms with E-state index in [0.717, 1.165) is 29.1 Å². The zero-order valence-corrected chi connectivity index (χ0v) is 20.3. The maximum absolute atomic E-state index is 5.02. The smallest absolute Gasteiger partial charge is 0.127 e. The van der Waals surface area contributed by atoms with Gasteiger partial charge in [0.15, 0.2) is 0 Å². The number of likely N-dealkylation sites (N-methyl/N-ethyl adjacent to an activating group) is 2. The van der Waals surface area contributed by atoms with Gasteiger partial charge in [0.1, 0.15) is 5.82 Å². The van der Waals surface area contributed by atoms with E-state index in [0.29, 0.717) is 6.04 Å². The van der Waals surface area contributed by atoms with Crippen LogP contribution in [0.3, 0.4) is 0 Å². The number of pyridine rings is 2. The zero-order chi connectivity index (χ0) is 23.5. The molecule has 174 valence electrons. The van der Waals surface area contributed by atoms with Gasteiger partial charge in [-0.2, -0.15) is 0 Å². The van der Waals surface area contributed by atoms with Crippen LogP contribution in [0.25, 0.3) is 22.2 Å². The van der Waals surface area contributed by atoms with Crippen LogP contribution in [-0.2, 0) is 0 Å². The van der Waals surface area contributed by atoms with Gasteiger partial charge in [0, 0.05) is 48.5 Å². The Balaban J connectivity index is 1.46. The summed E-state index contributed by atoms with van der Waals surface area (Å²) < 4.78 is 0. The van der Waals surface area contributed by atoms with Gasteiger partial charge in [-0.25, -0.2) is 9.97 Å². The van der Waals surface area contributed by atoms with Crippen LogP contribution in [0.4, 0.5) is 11.5 Å². The molecule has 2 aromatic heterocycles. The van der Waals surface area contributed by atoms with E-state index < -0.39 is 0 Å². The van der Waals surface area contributed by atoms with E-state index >= 15 is 0 Å². The molecule has 0 aliphatic carbocycles. The van der Waals surface area contributed by atoms with Crippen molar-refractivity contribution in [1.82, 2.24) is 14.9 Å². The summed E-state index contributed by atoms with van der Waals surface area (Å²) in [4.78, 5) is 14.5. The van der Waals surface area contributed by atoms with Crippen molar-refractivity contribution in [3.05, 3.63) is 84.6 Å². The molecule has 0 radical (unpaired) electrons. The first-order chi connectivity index (χ1) is 16.6. The molecule has 2 atom stereocenters. The van der Waals surface area contributed by atoms with Crippen molar-refractivity contribution in [1.29, 1.82) is 0 Å². The van der Waals surface area contributed by atoms with E-state index in [1.165, 1.54) is 36.0 Å². The van der Waals surface area contributed by atoms with E-state index in [2.05, 4.69) is 102 Å². The lowest BCUT2D eigenvalue weighted by Gasteiger charge is -2.28. The SMILES string of the molecule is CC(Nc1cc(-c2cc(N(C)CC3CCCN3C)c3ccccc3n2)ccn1)c1ccccc1. The van der Waals surface area contributed by atoms with Crippen molar-refractivity contribution >= 4 is 22.4 Å². The molecule has 0 spiro atoms. The van der Waals surface area contributed by atoms with Gasteiger partial charge >= 0.3 is 0 Å². The molecule has 0 amide bonds. The molecule has 1 aliphatic heterocycles. The van der Waals surface area contributed by atoms with Gasteiger partial charge in [-0.15, -0.1) is 0 Å². The Kier molecular flexibility index (Phi) is 6.45. The number of nitrogens with zero attached hydrogens (tertiary/aromatic N) is 4. The summed E-state index contributed by atoms with van der Waals surface area (Å²) >= 11 is 0. The van der Waals surface area contributed by atoms with E-state index in [1.54, 1.807) is 0 Å². The molecule has 4 aromatic rings. The average molecular weight is 452 g/mol. The molecule has 1 saturated heterocycles. The molecule has 1 aliphatic rings. The van der Waals surface area contributed by atoms with Gasteiger partial charge in [0.25, 0.3) is 0 Å². The van der Waals surface area contributed by atoms with Crippen molar-refractivity contribution in [2.75, 3.05) is 37.4 Å². The van der Waals surface area contributed by atoms with Crippen molar-refractivity contribution < 1.29 is 0 Å². The first kappa shape index (κ1) is 22.4. The van der Waals surface area contributed by atoms with Crippen molar-refractivity contribution in [3.8, 4) is 11.3 Å². The molecule has 3 heterocycles. The monoisotopic (exact) mass is 451 g/mol. The molecule has 0 saturated carbocycles. The number of likely N-dealkylation sites (tertiary alicyclic amines) is 1. The standard InChI is InChI=1S/C29H33N5/c1-21(22-10-5-4-6-11-22)31-29-18-23(15-16-30-29)27-19-28(25-13-7-8-14-26(25)32-27)34(3)20-24-12-9-17-33(24)2/h4-8,10-11,13-16,18-19,21,24H,9,12,17,20H2,1-3H3,(H,30,31). The van der Waals surface area contributed by atoms with Crippen LogP contribution in [0.5, 0.6) is 0 Å². The average Bonchev–Trinajstić information content (AvgIpc) is 3.28. The summed E-state index contributed by atoms with van der Waals surface area (Å²) in [5.74, 6) is 0.853. The van der Waals surface area contributed by atoms with Gasteiger partial charge < -0.3 is 15.1 Å². The Hall–Kier alpha value is -3.44. The van der Waals surface area contributed by atoms with E-state index in [-0.39, 0.29) is 6.04 Å². The number of benzene rings is 2. The molecule has 2 aromatic carbocycles. The van der Waals surface area contributed by atoms with Crippen LogP contribution in [0.15, 0.2) is 79.0 Å². The third-order valence-corrected chi connectivity index (χ3v) is 6.98.